The highest BCUT2D eigenvalue weighted by Crippen LogP contribution is 2.32. The number of carbonyl (C=O) groups excluding carboxylic acids is 1. The molecule has 0 unspecified atom stereocenters. The van der Waals surface area contributed by atoms with E-state index >= 15 is 0 Å². The van der Waals surface area contributed by atoms with Crippen molar-refractivity contribution in [2.75, 3.05) is 19.7 Å². The topological polar surface area (TPSA) is 67.8 Å². The van der Waals surface area contributed by atoms with E-state index in [1.165, 1.54) is 0 Å². The minimum atomic E-state index is -0.881. The number of nitrogens with one attached hydrogen (secondary N) is 1. The van der Waals surface area contributed by atoms with Gasteiger partial charge in [0.2, 0.25) is 5.24 Å². The summed E-state index contributed by atoms with van der Waals surface area (Å²) in [5.41, 5.74) is 0.820. The maximum absolute atomic E-state index is 10.8. The largest absolute Gasteiger partial charge is 0.490 e. The van der Waals surface area contributed by atoms with E-state index in [-0.39, 0.29) is 13.1 Å². The van der Waals surface area contributed by atoms with Crippen LogP contribution in [0.15, 0.2) is 54.6 Å². The fourth-order valence-corrected chi connectivity index (χ4v) is 2.49. The Bertz CT molecular complexity index is 665. The first-order valence-corrected chi connectivity index (χ1v) is 8.50. The predicted octanol–water partition coefficient (Wildman–Crippen LogP) is 2.92. The summed E-state index contributed by atoms with van der Waals surface area (Å²) in [6.07, 6.45) is -1.51. The third kappa shape index (κ3) is 6.05. The lowest BCUT2D eigenvalue weighted by molar-refractivity contribution is -0.111. The van der Waals surface area contributed by atoms with Gasteiger partial charge in [-0.15, -0.1) is 0 Å². The van der Waals surface area contributed by atoms with Crippen LogP contribution in [0.25, 0.3) is 0 Å². The van der Waals surface area contributed by atoms with Crippen LogP contribution < -0.4 is 14.8 Å². The van der Waals surface area contributed by atoms with Crippen molar-refractivity contribution in [3.8, 4) is 11.5 Å². The third-order valence-corrected chi connectivity index (χ3v) is 3.63. The average Bonchev–Trinajstić information content (AvgIpc) is 2.61. The van der Waals surface area contributed by atoms with E-state index in [0.717, 1.165) is 5.56 Å². The SMILES string of the molecule is CCOc1ccccc1O[C@@H](c1ccccc1)[C@@H](O)CNCC(=O)Cl. The van der Waals surface area contributed by atoms with Crippen molar-refractivity contribution in [2.24, 2.45) is 0 Å². The smallest absolute Gasteiger partial charge is 0.235 e. The van der Waals surface area contributed by atoms with Gasteiger partial charge in [-0.1, -0.05) is 42.5 Å². The molecule has 0 aromatic heterocycles. The Morgan fingerprint density at radius 1 is 1.12 bits per heavy atom. The van der Waals surface area contributed by atoms with Crippen LogP contribution >= 0.6 is 11.6 Å². The molecule has 2 aromatic rings. The fourth-order valence-electron chi connectivity index (χ4n) is 2.40. The average molecular weight is 364 g/mol. The molecule has 134 valence electrons. The molecular weight excluding hydrogens is 342 g/mol. The molecule has 2 N–H and O–H groups in total. The van der Waals surface area contributed by atoms with Crippen LogP contribution in [0.5, 0.6) is 11.5 Å². The second-order valence-corrected chi connectivity index (χ2v) is 5.80. The standard InChI is InChI=1S/C19H22ClNO4/c1-2-24-16-10-6-7-11-17(16)25-19(14-8-4-3-5-9-14)15(22)12-21-13-18(20)23/h3-11,15,19,21-22H,2,12-13H2,1H3/t15-,19-/m0/s1. The van der Waals surface area contributed by atoms with Crippen LogP contribution in [0.3, 0.4) is 0 Å². The molecule has 0 heterocycles. The van der Waals surface area contributed by atoms with Crippen LogP contribution in [-0.2, 0) is 4.79 Å². The minimum Gasteiger partial charge on any atom is -0.490 e. The van der Waals surface area contributed by atoms with Crippen molar-refractivity contribution >= 4 is 16.8 Å². The lowest BCUT2D eigenvalue weighted by atomic mass is 10.0. The van der Waals surface area contributed by atoms with E-state index in [0.29, 0.717) is 18.1 Å². The number of hydrogen-bond donors (Lipinski definition) is 2. The van der Waals surface area contributed by atoms with Gasteiger partial charge in [-0.25, -0.2) is 0 Å². The van der Waals surface area contributed by atoms with Crippen molar-refractivity contribution in [3.63, 3.8) is 0 Å². The lowest BCUT2D eigenvalue weighted by Gasteiger charge is -2.26. The molecule has 0 aliphatic carbocycles. The van der Waals surface area contributed by atoms with Crippen LogP contribution in [0.2, 0.25) is 0 Å². The summed E-state index contributed by atoms with van der Waals surface area (Å²) in [4.78, 5) is 10.8. The monoisotopic (exact) mass is 363 g/mol. The van der Waals surface area contributed by atoms with Crippen molar-refractivity contribution < 1.29 is 19.4 Å². The van der Waals surface area contributed by atoms with E-state index in [4.69, 9.17) is 21.1 Å². The fraction of sp³-hybridized carbons (Fsp3) is 0.316. The first-order chi connectivity index (χ1) is 12.1. The summed E-state index contributed by atoms with van der Waals surface area (Å²) in [7, 11) is 0. The molecule has 2 rings (SSSR count). The first-order valence-electron chi connectivity index (χ1n) is 8.12. The summed E-state index contributed by atoms with van der Waals surface area (Å²) in [5.74, 6) is 1.16. The van der Waals surface area contributed by atoms with E-state index in [2.05, 4.69) is 5.32 Å². The number of carbonyl (C=O) groups is 1. The van der Waals surface area contributed by atoms with Crippen molar-refractivity contribution in [1.82, 2.24) is 5.32 Å². The molecule has 25 heavy (non-hydrogen) atoms. The van der Waals surface area contributed by atoms with Gasteiger partial charge >= 0.3 is 0 Å². The van der Waals surface area contributed by atoms with Crippen molar-refractivity contribution in [3.05, 3.63) is 60.2 Å². The second kappa shape index (κ2) is 10.0. The summed E-state index contributed by atoms with van der Waals surface area (Å²) in [6.45, 7) is 2.55. The van der Waals surface area contributed by atoms with Crippen molar-refractivity contribution in [1.29, 1.82) is 0 Å². The molecule has 0 saturated heterocycles. The van der Waals surface area contributed by atoms with Gasteiger partial charge in [-0.2, -0.15) is 0 Å². The number of aliphatic hydroxyl groups excluding tert-OH is 1. The summed E-state index contributed by atoms with van der Waals surface area (Å²) < 4.78 is 11.7. The Morgan fingerprint density at radius 3 is 2.40 bits per heavy atom. The number of aliphatic hydroxyl groups is 1. The zero-order valence-corrected chi connectivity index (χ0v) is 14.8. The maximum Gasteiger partial charge on any atom is 0.235 e. The summed E-state index contributed by atoms with van der Waals surface area (Å²) >= 11 is 5.31. The quantitative estimate of drug-likeness (QED) is 0.635. The molecule has 2 atom stereocenters. The van der Waals surface area contributed by atoms with Gasteiger partial charge < -0.3 is 19.9 Å². The third-order valence-electron chi connectivity index (χ3n) is 3.50. The number of hydrogen-bond acceptors (Lipinski definition) is 5. The normalized spacial score (nSPS) is 13.1. The molecule has 2 aromatic carbocycles. The maximum atomic E-state index is 10.8. The van der Waals surface area contributed by atoms with Gasteiger partial charge in [0.1, 0.15) is 6.10 Å². The highest BCUT2D eigenvalue weighted by Gasteiger charge is 2.24. The summed E-state index contributed by atoms with van der Waals surface area (Å²) in [6, 6.07) is 16.7. The second-order valence-electron chi connectivity index (χ2n) is 5.38. The Hall–Kier alpha value is -2.08. The first kappa shape index (κ1) is 19.2. The van der Waals surface area contributed by atoms with Crippen LogP contribution in [-0.4, -0.2) is 36.1 Å². The van der Waals surface area contributed by atoms with Crippen LogP contribution in [0.4, 0.5) is 0 Å². The summed E-state index contributed by atoms with van der Waals surface area (Å²) in [5, 5.41) is 12.9. The predicted molar refractivity (Wildman–Crippen MR) is 97.2 cm³/mol. The zero-order valence-electron chi connectivity index (χ0n) is 14.0. The van der Waals surface area contributed by atoms with Crippen molar-refractivity contribution in [2.45, 2.75) is 19.1 Å². The number of rotatable bonds is 10. The Morgan fingerprint density at radius 2 is 1.76 bits per heavy atom. The Kier molecular flexibility index (Phi) is 7.73. The number of halogens is 1. The molecule has 5 nitrogen and oxygen atoms in total. The molecule has 0 spiro atoms. The molecule has 0 aliphatic heterocycles. The number of ether oxygens (including phenoxy) is 2. The number of para-hydroxylation sites is 2. The molecule has 0 aliphatic rings. The highest BCUT2D eigenvalue weighted by atomic mass is 35.5. The van der Waals surface area contributed by atoms with E-state index < -0.39 is 17.5 Å². The molecule has 0 saturated carbocycles. The van der Waals surface area contributed by atoms with Gasteiger partial charge in [0, 0.05) is 6.54 Å². The lowest BCUT2D eigenvalue weighted by Crippen LogP contribution is -2.36. The minimum absolute atomic E-state index is 0.0182. The van der Waals surface area contributed by atoms with Gasteiger partial charge in [-0.3, -0.25) is 4.79 Å². The van der Waals surface area contributed by atoms with E-state index in [1.807, 2.05) is 55.5 Å². The molecule has 0 amide bonds. The van der Waals surface area contributed by atoms with Gasteiger partial charge in [0.15, 0.2) is 17.6 Å². The van der Waals surface area contributed by atoms with E-state index in [9.17, 15) is 9.90 Å². The highest BCUT2D eigenvalue weighted by molar-refractivity contribution is 6.64. The van der Waals surface area contributed by atoms with Gasteiger partial charge in [0.25, 0.3) is 0 Å². The molecule has 0 bridgehead atoms. The van der Waals surface area contributed by atoms with Gasteiger partial charge in [0.05, 0.1) is 13.2 Å². The molecule has 0 fully saturated rings. The number of benzene rings is 2. The zero-order chi connectivity index (χ0) is 18.1. The molecule has 0 radical (unpaired) electrons. The van der Waals surface area contributed by atoms with Crippen LogP contribution in [0, 0.1) is 0 Å². The van der Waals surface area contributed by atoms with Crippen LogP contribution in [0.1, 0.15) is 18.6 Å². The molecular formula is C19H22ClNO4. The van der Waals surface area contributed by atoms with Gasteiger partial charge in [-0.05, 0) is 36.2 Å². The van der Waals surface area contributed by atoms with E-state index in [1.54, 1.807) is 6.07 Å². The Labute approximate surface area is 152 Å². The Balaban J connectivity index is 2.19. The molecule has 6 heteroatoms.